The zero-order valence-electron chi connectivity index (χ0n) is 5.01. The summed E-state index contributed by atoms with van der Waals surface area (Å²) in [6.07, 6.45) is 0. The molecule has 50 valence electrons. The second kappa shape index (κ2) is 8.61. The Bertz CT molecular complexity index is 64.7. The van der Waals surface area contributed by atoms with Crippen molar-refractivity contribution in [2.45, 2.75) is 0 Å². The Morgan fingerprint density at radius 1 is 1.12 bits per heavy atom. The van der Waals surface area contributed by atoms with Gasteiger partial charge in [0.2, 0.25) is 0 Å². The van der Waals surface area contributed by atoms with E-state index in [1.165, 1.54) is 0 Å². The van der Waals surface area contributed by atoms with Crippen molar-refractivity contribution in [2.75, 3.05) is 0 Å². The third kappa shape index (κ3) is 129. The summed E-state index contributed by atoms with van der Waals surface area (Å²) in [7, 11) is -4.64. The molecule has 0 aliphatic carbocycles. The molecule has 8 heavy (non-hydrogen) atoms. The van der Waals surface area contributed by atoms with Gasteiger partial charge in [-0.15, -0.1) is 0 Å². The van der Waals surface area contributed by atoms with E-state index in [1.54, 1.807) is 0 Å². The minimum Gasteiger partial charge on any atom is -1.00 e. The summed E-state index contributed by atoms with van der Waals surface area (Å²) in [6, 6.07) is 0. The maximum Gasteiger partial charge on any atom is 1.00 e. The number of phosphoric acid groups is 1. The standard InChI is InChI=1S/2FH.K.H3O4P.H/c;;;1-5(2,3)4;/h2*1H;;(H3,1,2,3,4);/q;;+1;;-1. The minimum atomic E-state index is -4.64. The zero-order chi connectivity index (χ0) is 4.50. The Labute approximate surface area is 88.2 Å². The molecule has 0 heterocycles. The molecule has 0 radical (unpaired) electrons. The summed E-state index contributed by atoms with van der Waals surface area (Å²) in [5, 5.41) is 0. The van der Waals surface area contributed by atoms with Crippen molar-refractivity contribution >= 4 is 7.82 Å². The van der Waals surface area contributed by atoms with Gasteiger partial charge in [-0.3, -0.25) is 9.41 Å². The Hall–Kier alpha value is 1.61. The zero-order valence-corrected chi connectivity index (χ0v) is 8.03. The molecule has 0 fully saturated rings. The summed E-state index contributed by atoms with van der Waals surface area (Å²) in [4.78, 5) is 21.6. The van der Waals surface area contributed by atoms with Crippen LogP contribution in [0.3, 0.4) is 0 Å². The third-order valence-corrected chi connectivity index (χ3v) is 0. The molecule has 0 unspecified atom stereocenters. The van der Waals surface area contributed by atoms with Gasteiger partial charge in [-0.1, -0.05) is 0 Å². The topological polar surface area (TPSA) is 77.8 Å². The van der Waals surface area contributed by atoms with E-state index in [2.05, 4.69) is 0 Å². The van der Waals surface area contributed by atoms with Crippen molar-refractivity contribution in [1.29, 1.82) is 0 Å². The van der Waals surface area contributed by atoms with Crippen molar-refractivity contribution in [2.24, 2.45) is 0 Å². The van der Waals surface area contributed by atoms with E-state index in [-0.39, 0.29) is 62.2 Å². The second-order valence-electron chi connectivity index (χ2n) is 0.513. The molecule has 0 saturated heterocycles. The summed E-state index contributed by atoms with van der Waals surface area (Å²) in [5.41, 5.74) is 0. The van der Waals surface area contributed by atoms with Crippen molar-refractivity contribution < 1.29 is 81.5 Å². The van der Waals surface area contributed by atoms with Crippen molar-refractivity contribution in [3.63, 3.8) is 0 Å². The molecule has 0 spiro atoms. The Kier molecular flexibility index (Phi) is 24.4. The fraction of sp³-hybridized carbons (Fsp3) is 0. The number of halogens is 2. The summed E-state index contributed by atoms with van der Waals surface area (Å²) in [6.45, 7) is 0. The predicted molar refractivity (Wildman–Crippen MR) is 20.4 cm³/mol. The SMILES string of the molecule is F.F.O=P(O)(O)O.[H-].[K+]. The Morgan fingerprint density at radius 2 is 1.12 bits per heavy atom. The molecule has 0 atom stereocenters. The number of rotatable bonds is 0. The van der Waals surface area contributed by atoms with E-state index in [0.717, 1.165) is 0 Å². The molecule has 0 saturated carbocycles. The predicted octanol–water partition coefficient (Wildman–Crippen LogP) is -3.51. The van der Waals surface area contributed by atoms with E-state index >= 15 is 0 Å². The molecule has 3 N–H and O–H groups in total. The van der Waals surface area contributed by atoms with Crippen LogP contribution in [0.15, 0.2) is 0 Å². The van der Waals surface area contributed by atoms with Crippen LogP contribution in [-0.2, 0) is 4.57 Å². The second-order valence-corrected chi connectivity index (χ2v) is 1.54. The van der Waals surface area contributed by atoms with Crippen molar-refractivity contribution in [3.05, 3.63) is 0 Å². The fourth-order valence-corrected chi connectivity index (χ4v) is 0. The minimum absolute atomic E-state index is 0. The van der Waals surface area contributed by atoms with Crippen molar-refractivity contribution in [3.8, 4) is 0 Å². The first-order valence-corrected chi connectivity index (χ1v) is 2.35. The molecule has 0 rings (SSSR count). The first-order chi connectivity index (χ1) is 2.00. The Balaban J connectivity index is -0.0000000133. The quantitative estimate of drug-likeness (QED) is 0.265. The van der Waals surface area contributed by atoms with Crippen LogP contribution in [0, 0.1) is 0 Å². The van der Waals surface area contributed by atoms with Gasteiger partial charge in [0.25, 0.3) is 0 Å². The monoisotopic (exact) mass is 178 g/mol. The van der Waals surface area contributed by atoms with Gasteiger partial charge >= 0.3 is 59.2 Å². The maximum atomic E-state index is 8.88. The molecule has 0 aromatic rings. The maximum absolute atomic E-state index is 8.88. The largest absolute Gasteiger partial charge is 1.00 e. The fourth-order valence-electron chi connectivity index (χ4n) is 0. The van der Waals surface area contributed by atoms with Crippen LogP contribution >= 0.6 is 7.82 Å². The van der Waals surface area contributed by atoms with Crippen LogP contribution in [0.4, 0.5) is 9.41 Å². The summed E-state index contributed by atoms with van der Waals surface area (Å²) in [5.74, 6) is 0. The molecule has 8 heteroatoms. The van der Waals surface area contributed by atoms with Gasteiger partial charge in [-0.25, -0.2) is 4.57 Å². The molecular weight excluding hydrogens is 172 g/mol. The number of hydrogen-bond donors (Lipinski definition) is 3. The molecule has 0 aromatic carbocycles. The van der Waals surface area contributed by atoms with Crippen LogP contribution < -0.4 is 51.4 Å². The van der Waals surface area contributed by atoms with E-state index in [0.29, 0.717) is 0 Å². The van der Waals surface area contributed by atoms with Gasteiger partial charge in [0.1, 0.15) is 0 Å². The van der Waals surface area contributed by atoms with E-state index in [1.807, 2.05) is 0 Å². The van der Waals surface area contributed by atoms with Crippen LogP contribution in [0.25, 0.3) is 0 Å². The smallest absolute Gasteiger partial charge is 1.00 e. The first kappa shape index (κ1) is 22.6. The Morgan fingerprint density at radius 3 is 1.12 bits per heavy atom. The normalized spacial score (nSPS) is 7.38. The molecule has 0 aliphatic heterocycles. The van der Waals surface area contributed by atoms with Gasteiger partial charge < -0.3 is 16.1 Å². The van der Waals surface area contributed by atoms with E-state index < -0.39 is 7.82 Å². The molecular formula is H6F2KO4P. The van der Waals surface area contributed by atoms with Gasteiger partial charge in [0.15, 0.2) is 0 Å². The van der Waals surface area contributed by atoms with Gasteiger partial charge in [0.05, 0.1) is 0 Å². The van der Waals surface area contributed by atoms with Crippen molar-refractivity contribution in [1.82, 2.24) is 0 Å². The third-order valence-electron chi connectivity index (χ3n) is 0. The molecule has 0 amide bonds. The summed E-state index contributed by atoms with van der Waals surface area (Å²) >= 11 is 0. The summed E-state index contributed by atoms with van der Waals surface area (Å²) < 4.78 is 8.88. The van der Waals surface area contributed by atoms with Crippen LogP contribution in [0.2, 0.25) is 0 Å². The molecule has 0 bridgehead atoms. The first-order valence-electron chi connectivity index (χ1n) is 0.783. The number of hydrogen-bond acceptors (Lipinski definition) is 1. The average molecular weight is 178 g/mol. The van der Waals surface area contributed by atoms with E-state index in [4.69, 9.17) is 19.2 Å². The molecule has 0 aromatic heterocycles. The van der Waals surface area contributed by atoms with Gasteiger partial charge in [-0.05, 0) is 0 Å². The van der Waals surface area contributed by atoms with Crippen LogP contribution in [-0.4, -0.2) is 14.7 Å². The van der Waals surface area contributed by atoms with Crippen LogP contribution in [0.1, 0.15) is 1.43 Å². The van der Waals surface area contributed by atoms with Crippen LogP contribution in [0.5, 0.6) is 0 Å². The average Bonchev–Trinajstić information content (AvgIpc) is 0.722. The van der Waals surface area contributed by atoms with E-state index in [9.17, 15) is 0 Å². The molecule has 0 aliphatic rings. The van der Waals surface area contributed by atoms with Gasteiger partial charge in [0, 0.05) is 0 Å². The molecule has 4 nitrogen and oxygen atoms in total. The van der Waals surface area contributed by atoms with Gasteiger partial charge in [-0.2, -0.15) is 0 Å².